The fraction of sp³-hybridized carbons (Fsp3) is 0.167. The van der Waals surface area contributed by atoms with Crippen molar-refractivity contribution in [2.45, 2.75) is 18.4 Å². The van der Waals surface area contributed by atoms with Crippen LogP contribution in [-0.2, 0) is 16.6 Å². The average molecular weight is 465 g/mol. The van der Waals surface area contributed by atoms with Gasteiger partial charge in [-0.25, -0.2) is 17.9 Å². The summed E-state index contributed by atoms with van der Waals surface area (Å²) in [7, 11) is -3.80. The molecule has 170 valence electrons. The van der Waals surface area contributed by atoms with E-state index in [-0.39, 0.29) is 23.0 Å². The lowest BCUT2D eigenvalue weighted by Crippen LogP contribution is -2.27. The summed E-state index contributed by atoms with van der Waals surface area (Å²) in [4.78, 5) is 26.3. The normalized spacial score (nSPS) is 13.6. The van der Waals surface area contributed by atoms with Crippen molar-refractivity contribution >= 4 is 33.3 Å². The van der Waals surface area contributed by atoms with Gasteiger partial charge in [-0.05, 0) is 54.4 Å². The highest BCUT2D eigenvalue weighted by Crippen LogP contribution is 2.21. The Morgan fingerprint density at radius 3 is 2.42 bits per heavy atom. The quantitative estimate of drug-likeness (QED) is 0.499. The summed E-state index contributed by atoms with van der Waals surface area (Å²) in [5.74, 6) is -0.417. The van der Waals surface area contributed by atoms with Crippen molar-refractivity contribution in [1.29, 1.82) is 0 Å². The molecule has 3 amide bonds. The second-order valence-corrected chi connectivity index (χ2v) is 9.44. The zero-order valence-corrected chi connectivity index (χ0v) is 18.9. The Bertz CT molecular complexity index is 1280. The Kier molecular flexibility index (Phi) is 6.43. The summed E-state index contributed by atoms with van der Waals surface area (Å²) in [5.41, 5.74) is 3.02. The number of sulfonamides is 1. The molecule has 3 aromatic rings. The Hall–Kier alpha value is -3.69. The highest BCUT2D eigenvalue weighted by Gasteiger charge is 2.21. The summed E-state index contributed by atoms with van der Waals surface area (Å²) in [6.45, 7) is 3.08. The van der Waals surface area contributed by atoms with E-state index in [1.807, 2.05) is 30.3 Å². The minimum absolute atomic E-state index is 0.0181. The molecule has 9 heteroatoms. The van der Waals surface area contributed by atoms with Crippen molar-refractivity contribution in [3.8, 4) is 0 Å². The van der Waals surface area contributed by atoms with Gasteiger partial charge in [-0.15, -0.1) is 0 Å². The molecule has 0 bridgehead atoms. The predicted octanol–water partition coefficient (Wildman–Crippen LogP) is 3.26. The summed E-state index contributed by atoms with van der Waals surface area (Å²) >= 11 is 0. The van der Waals surface area contributed by atoms with Crippen molar-refractivity contribution in [3.05, 3.63) is 89.5 Å². The van der Waals surface area contributed by atoms with Crippen molar-refractivity contribution in [3.63, 3.8) is 0 Å². The fourth-order valence-corrected chi connectivity index (χ4v) is 4.56. The van der Waals surface area contributed by atoms with Crippen molar-refractivity contribution in [2.24, 2.45) is 0 Å². The van der Waals surface area contributed by atoms with Gasteiger partial charge in [0, 0.05) is 36.6 Å². The first-order valence-corrected chi connectivity index (χ1v) is 11.9. The van der Waals surface area contributed by atoms with Gasteiger partial charge in [0.1, 0.15) is 0 Å². The maximum atomic E-state index is 12.9. The number of amides is 3. The number of hydrogen-bond donors (Lipinski definition) is 3. The molecule has 3 N–H and O–H groups in total. The lowest BCUT2D eigenvalue weighted by atomic mass is 10.1. The SMILES string of the molecule is Cc1ccc(S(=O)(=O)NCc2ccccc2)cc1C(=O)Nc1ccc(N2CCNC2=O)cc1. The molecule has 33 heavy (non-hydrogen) atoms. The molecule has 8 nitrogen and oxygen atoms in total. The van der Waals surface area contributed by atoms with Crippen LogP contribution in [0.3, 0.4) is 0 Å². The van der Waals surface area contributed by atoms with Gasteiger partial charge in [0.25, 0.3) is 5.91 Å². The highest BCUT2D eigenvalue weighted by molar-refractivity contribution is 7.89. The van der Waals surface area contributed by atoms with Gasteiger partial charge in [0.15, 0.2) is 0 Å². The van der Waals surface area contributed by atoms with Crippen LogP contribution in [0.4, 0.5) is 16.2 Å². The minimum Gasteiger partial charge on any atom is -0.336 e. The molecule has 4 rings (SSSR count). The van der Waals surface area contributed by atoms with E-state index in [0.29, 0.717) is 24.3 Å². The summed E-state index contributed by atoms with van der Waals surface area (Å²) in [5, 5.41) is 5.53. The van der Waals surface area contributed by atoms with Gasteiger partial charge in [-0.1, -0.05) is 36.4 Å². The van der Waals surface area contributed by atoms with Gasteiger partial charge in [-0.2, -0.15) is 0 Å². The van der Waals surface area contributed by atoms with E-state index < -0.39 is 15.9 Å². The third-order valence-corrected chi connectivity index (χ3v) is 6.77. The van der Waals surface area contributed by atoms with E-state index >= 15 is 0 Å². The first kappa shape index (κ1) is 22.5. The molecule has 0 radical (unpaired) electrons. The topological polar surface area (TPSA) is 108 Å². The van der Waals surface area contributed by atoms with Crippen LogP contribution in [0.15, 0.2) is 77.7 Å². The lowest BCUT2D eigenvalue weighted by Gasteiger charge is -2.15. The molecule has 0 spiro atoms. The highest BCUT2D eigenvalue weighted by atomic mass is 32.2. The summed E-state index contributed by atoms with van der Waals surface area (Å²) in [6.07, 6.45) is 0. The number of urea groups is 1. The number of rotatable bonds is 7. The van der Waals surface area contributed by atoms with Crippen molar-refractivity contribution in [1.82, 2.24) is 10.0 Å². The second kappa shape index (κ2) is 9.43. The van der Waals surface area contributed by atoms with Crippen LogP contribution >= 0.6 is 0 Å². The van der Waals surface area contributed by atoms with E-state index in [9.17, 15) is 18.0 Å². The molecule has 1 saturated heterocycles. The third-order valence-electron chi connectivity index (χ3n) is 5.37. The van der Waals surface area contributed by atoms with E-state index in [0.717, 1.165) is 11.3 Å². The van der Waals surface area contributed by atoms with Gasteiger partial charge >= 0.3 is 6.03 Å². The van der Waals surface area contributed by atoms with Gasteiger partial charge in [0.05, 0.1) is 4.90 Å². The van der Waals surface area contributed by atoms with Gasteiger partial charge < -0.3 is 10.6 Å². The molecular formula is C24H24N4O4S. The molecule has 0 aliphatic carbocycles. The number of anilines is 2. The van der Waals surface area contributed by atoms with E-state index in [2.05, 4.69) is 15.4 Å². The molecular weight excluding hydrogens is 440 g/mol. The van der Waals surface area contributed by atoms with Crippen LogP contribution in [0.1, 0.15) is 21.5 Å². The average Bonchev–Trinajstić information content (AvgIpc) is 3.25. The zero-order chi connectivity index (χ0) is 23.4. The molecule has 3 aromatic carbocycles. The molecule has 0 atom stereocenters. The number of nitrogens with zero attached hydrogens (tertiary/aromatic N) is 1. The van der Waals surface area contributed by atoms with Gasteiger partial charge in [0.2, 0.25) is 10.0 Å². The van der Waals surface area contributed by atoms with Gasteiger partial charge in [-0.3, -0.25) is 9.69 Å². The maximum absolute atomic E-state index is 12.9. The molecule has 1 fully saturated rings. The number of aryl methyl sites for hydroxylation is 1. The van der Waals surface area contributed by atoms with Crippen LogP contribution < -0.4 is 20.3 Å². The van der Waals surface area contributed by atoms with Crippen LogP contribution in [0.25, 0.3) is 0 Å². The number of carbonyl (C=O) groups excluding carboxylic acids is 2. The molecule has 1 aliphatic rings. The molecule has 0 saturated carbocycles. The largest absolute Gasteiger partial charge is 0.336 e. The summed E-state index contributed by atoms with van der Waals surface area (Å²) in [6, 6.07) is 20.4. The minimum atomic E-state index is -3.80. The molecule has 0 unspecified atom stereocenters. The predicted molar refractivity (Wildman–Crippen MR) is 127 cm³/mol. The van der Waals surface area contributed by atoms with E-state index in [1.165, 1.54) is 12.1 Å². The van der Waals surface area contributed by atoms with E-state index in [1.54, 1.807) is 42.2 Å². The standard InChI is InChI=1S/C24H24N4O4S/c1-17-7-12-21(33(31,32)26-16-18-5-3-2-4-6-18)15-22(17)23(29)27-19-8-10-20(11-9-19)28-14-13-25-24(28)30/h2-12,15,26H,13-14,16H2,1H3,(H,25,30)(H,27,29). The van der Waals surface area contributed by atoms with Crippen LogP contribution in [0, 0.1) is 6.92 Å². The van der Waals surface area contributed by atoms with Crippen LogP contribution in [-0.4, -0.2) is 33.4 Å². The first-order chi connectivity index (χ1) is 15.8. The zero-order valence-electron chi connectivity index (χ0n) is 18.0. The van der Waals surface area contributed by atoms with Crippen LogP contribution in [0.5, 0.6) is 0 Å². The molecule has 0 aromatic heterocycles. The maximum Gasteiger partial charge on any atom is 0.321 e. The van der Waals surface area contributed by atoms with Crippen molar-refractivity contribution in [2.75, 3.05) is 23.3 Å². The Balaban J connectivity index is 1.47. The monoisotopic (exact) mass is 464 g/mol. The first-order valence-electron chi connectivity index (χ1n) is 10.4. The Labute approximate surface area is 192 Å². The summed E-state index contributed by atoms with van der Waals surface area (Å²) < 4.78 is 28.1. The van der Waals surface area contributed by atoms with E-state index in [4.69, 9.17) is 0 Å². The third kappa shape index (κ3) is 5.21. The molecule has 1 heterocycles. The Morgan fingerprint density at radius 2 is 1.76 bits per heavy atom. The molecule has 1 aliphatic heterocycles. The number of nitrogens with one attached hydrogen (secondary N) is 3. The second-order valence-electron chi connectivity index (χ2n) is 7.67. The number of benzene rings is 3. The van der Waals surface area contributed by atoms with Crippen LogP contribution in [0.2, 0.25) is 0 Å². The fourth-order valence-electron chi connectivity index (χ4n) is 3.51. The lowest BCUT2D eigenvalue weighted by molar-refractivity contribution is 0.102. The Morgan fingerprint density at radius 1 is 1.03 bits per heavy atom. The smallest absolute Gasteiger partial charge is 0.321 e. The van der Waals surface area contributed by atoms with Crippen molar-refractivity contribution < 1.29 is 18.0 Å². The number of hydrogen-bond acceptors (Lipinski definition) is 4. The number of carbonyl (C=O) groups is 2.